The Morgan fingerprint density at radius 2 is 2.17 bits per heavy atom. The fourth-order valence-electron chi connectivity index (χ4n) is 2.95. The van der Waals surface area contributed by atoms with E-state index in [1.807, 2.05) is 13.2 Å². The lowest BCUT2D eigenvalue weighted by molar-refractivity contribution is -0.0539. The first-order chi connectivity index (χ1) is 8.70. The fourth-order valence-corrected chi connectivity index (χ4v) is 2.95. The Labute approximate surface area is 108 Å². The first kappa shape index (κ1) is 13.5. The number of methoxy groups -OCH3 is 1. The van der Waals surface area contributed by atoms with Gasteiger partial charge in [-0.15, -0.1) is 5.10 Å². The van der Waals surface area contributed by atoms with Crippen molar-refractivity contribution in [3.8, 4) is 0 Å². The van der Waals surface area contributed by atoms with Gasteiger partial charge >= 0.3 is 0 Å². The summed E-state index contributed by atoms with van der Waals surface area (Å²) < 4.78 is 7.18. The van der Waals surface area contributed by atoms with E-state index >= 15 is 0 Å². The molecule has 1 saturated carbocycles. The van der Waals surface area contributed by atoms with Crippen LogP contribution >= 0.6 is 0 Å². The Hall–Kier alpha value is -0.940. The monoisotopic (exact) mass is 253 g/mol. The van der Waals surface area contributed by atoms with Gasteiger partial charge in [-0.05, 0) is 18.8 Å². The van der Waals surface area contributed by atoms with Crippen LogP contribution in [-0.4, -0.2) is 39.4 Å². The number of hydrogen-bond acceptors (Lipinski definition) is 4. The number of nitrogens with zero attached hydrogens (tertiary/aromatic N) is 3. The van der Waals surface area contributed by atoms with Crippen molar-refractivity contribution in [3.05, 3.63) is 11.9 Å². The van der Waals surface area contributed by atoms with E-state index < -0.39 is 6.10 Å². The summed E-state index contributed by atoms with van der Waals surface area (Å²) >= 11 is 0. The SMILES string of the molecule is COC(C(O)Cc1cn(C)nn1)C1CCCCC1. The van der Waals surface area contributed by atoms with Gasteiger partial charge in [0.05, 0.1) is 17.9 Å². The normalized spacial score (nSPS) is 20.8. The molecule has 0 radical (unpaired) electrons. The van der Waals surface area contributed by atoms with Crippen LogP contribution < -0.4 is 0 Å². The summed E-state index contributed by atoms with van der Waals surface area (Å²) in [5.74, 6) is 0.482. The van der Waals surface area contributed by atoms with Gasteiger partial charge in [0.25, 0.3) is 0 Å². The van der Waals surface area contributed by atoms with E-state index in [2.05, 4.69) is 10.3 Å². The highest BCUT2D eigenvalue weighted by Gasteiger charge is 2.30. The molecule has 0 amide bonds. The van der Waals surface area contributed by atoms with Crippen LogP contribution in [0.3, 0.4) is 0 Å². The van der Waals surface area contributed by atoms with Crippen LogP contribution in [0, 0.1) is 5.92 Å². The number of aliphatic hydroxyl groups is 1. The van der Waals surface area contributed by atoms with Crippen LogP contribution in [0.4, 0.5) is 0 Å². The summed E-state index contributed by atoms with van der Waals surface area (Å²) in [6.45, 7) is 0. The molecule has 5 heteroatoms. The van der Waals surface area contributed by atoms with E-state index in [1.54, 1.807) is 11.8 Å². The van der Waals surface area contributed by atoms with Crippen LogP contribution in [0.25, 0.3) is 0 Å². The standard InChI is InChI=1S/C13H23N3O2/c1-16-9-11(14-15-16)8-12(17)13(18-2)10-6-4-3-5-7-10/h9-10,12-13,17H,3-8H2,1-2H3. The maximum absolute atomic E-state index is 10.3. The molecule has 102 valence electrons. The maximum atomic E-state index is 10.3. The number of aromatic nitrogens is 3. The van der Waals surface area contributed by atoms with Crippen molar-refractivity contribution in [2.24, 2.45) is 13.0 Å². The minimum atomic E-state index is -0.491. The largest absolute Gasteiger partial charge is 0.390 e. The van der Waals surface area contributed by atoms with Crippen LogP contribution in [0.5, 0.6) is 0 Å². The van der Waals surface area contributed by atoms with Crippen molar-refractivity contribution in [3.63, 3.8) is 0 Å². The molecule has 1 fully saturated rings. The number of aliphatic hydroxyl groups excluding tert-OH is 1. The molecule has 0 saturated heterocycles. The minimum absolute atomic E-state index is 0.0766. The fraction of sp³-hybridized carbons (Fsp3) is 0.846. The molecule has 1 N–H and O–H groups in total. The zero-order valence-corrected chi connectivity index (χ0v) is 11.2. The highest BCUT2D eigenvalue weighted by Crippen LogP contribution is 2.29. The molecule has 2 atom stereocenters. The second-order valence-electron chi connectivity index (χ2n) is 5.25. The smallest absolute Gasteiger partial charge is 0.0862 e. The van der Waals surface area contributed by atoms with Gasteiger partial charge in [-0.2, -0.15) is 0 Å². The number of aryl methyl sites for hydroxylation is 1. The summed E-state index contributed by atoms with van der Waals surface area (Å²) in [7, 11) is 3.52. The Bertz CT molecular complexity index is 361. The molecule has 1 aliphatic rings. The molecule has 2 unspecified atom stereocenters. The molecule has 0 bridgehead atoms. The summed E-state index contributed by atoms with van der Waals surface area (Å²) in [6.07, 6.45) is 7.94. The highest BCUT2D eigenvalue weighted by molar-refractivity contribution is 4.96. The summed E-state index contributed by atoms with van der Waals surface area (Å²) in [5, 5.41) is 18.2. The van der Waals surface area contributed by atoms with Crippen molar-refractivity contribution in [2.45, 2.75) is 50.7 Å². The van der Waals surface area contributed by atoms with Gasteiger partial charge in [0.1, 0.15) is 0 Å². The van der Waals surface area contributed by atoms with Crippen molar-refractivity contribution >= 4 is 0 Å². The first-order valence-electron chi connectivity index (χ1n) is 6.76. The first-order valence-corrected chi connectivity index (χ1v) is 6.76. The van der Waals surface area contributed by atoms with Crippen LogP contribution in [0.2, 0.25) is 0 Å². The summed E-state index contributed by atoms with van der Waals surface area (Å²) in [5.41, 5.74) is 0.822. The van der Waals surface area contributed by atoms with E-state index in [9.17, 15) is 5.11 Å². The Balaban J connectivity index is 1.93. The van der Waals surface area contributed by atoms with E-state index in [-0.39, 0.29) is 6.10 Å². The molecular formula is C13H23N3O2. The molecule has 1 aromatic heterocycles. The molecule has 5 nitrogen and oxygen atoms in total. The average molecular weight is 253 g/mol. The number of ether oxygens (including phenoxy) is 1. The average Bonchev–Trinajstić information content (AvgIpc) is 2.77. The van der Waals surface area contributed by atoms with Gasteiger partial charge in [0.2, 0.25) is 0 Å². The molecular weight excluding hydrogens is 230 g/mol. The Morgan fingerprint density at radius 1 is 1.44 bits per heavy atom. The van der Waals surface area contributed by atoms with Gasteiger partial charge in [0, 0.05) is 26.8 Å². The van der Waals surface area contributed by atoms with E-state index in [1.165, 1.54) is 19.3 Å². The lowest BCUT2D eigenvalue weighted by Gasteiger charge is -2.32. The Morgan fingerprint density at radius 3 is 2.72 bits per heavy atom. The molecule has 18 heavy (non-hydrogen) atoms. The quantitative estimate of drug-likeness (QED) is 0.859. The van der Waals surface area contributed by atoms with Gasteiger partial charge in [-0.3, -0.25) is 4.68 Å². The second-order valence-corrected chi connectivity index (χ2v) is 5.25. The molecule has 2 rings (SSSR count). The van der Waals surface area contributed by atoms with Crippen LogP contribution in [-0.2, 0) is 18.2 Å². The maximum Gasteiger partial charge on any atom is 0.0862 e. The molecule has 1 aliphatic carbocycles. The van der Waals surface area contributed by atoms with Crippen molar-refractivity contribution in [1.82, 2.24) is 15.0 Å². The second kappa shape index (κ2) is 6.29. The summed E-state index contributed by atoms with van der Waals surface area (Å²) in [6, 6.07) is 0. The van der Waals surface area contributed by atoms with Crippen LogP contribution in [0.15, 0.2) is 6.20 Å². The van der Waals surface area contributed by atoms with Crippen molar-refractivity contribution < 1.29 is 9.84 Å². The van der Waals surface area contributed by atoms with E-state index in [0.717, 1.165) is 18.5 Å². The molecule has 1 aromatic rings. The van der Waals surface area contributed by atoms with Gasteiger partial charge in [-0.1, -0.05) is 24.5 Å². The molecule has 1 heterocycles. The molecule has 0 spiro atoms. The third kappa shape index (κ3) is 3.29. The number of hydrogen-bond donors (Lipinski definition) is 1. The van der Waals surface area contributed by atoms with Gasteiger partial charge < -0.3 is 9.84 Å². The zero-order valence-electron chi connectivity index (χ0n) is 11.2. The predicted molar refractivity (Wildman–Crippen MR) is 68.1 cm³/mol. The van der Waals surface area contributed by atoms with Crippen molar-refractivity contribution in [2.75, 3.05) is 7.11 Å². The van der Waals surface area contributed by atoms with E-state index in [4.69, 9.17) is 4.74 Å². The zero-order chi connectivity index (χ0) is 13.0. The van der Waals surface area contributed by atoms with Gasteiger partial charge in [-0.25, -0.2) is 0 Å². The van der Waals surface area contributed by atoms with Gasteiger partial charge in [0.15, 0.2) is 0 Å². The van der Waals surface area contributed by atoms with Crippen LogP contribution in [0.1, 0.15) is 37.8 Å². The van der Waals surface area contributed by atoms with E-state index in [0.29, 0.717) is 12.3 Å². The predicted octanol–water partition coefficient (Wildman–Crippen LogP) is 1.31. The highest BCUT2D eigenvalue weighted by atomic mass is 16.5. The topological polar surface area (TPSA) is 60.2 Å². The third-order valence-electron chi connectivity index (χ3n) is 3.83. The minimum Gasteiger partial charge on any atom is -0.390 e. The molecule has 0 aromatic carbocycles. The third-order valence-corrected chi connectivity index (χ3v) is 3.83. The molecule has 0 aliphatic heterocycles. The van der Waals surface area contributed by atoms with Crippen molar-refractivity contribution in [1.29, 1.82) is 0 Å². The lowest BCUT2D eigenvalue weighted by Crippen LogP contribution is -2.37. The Kier molecular flexibility index (Phi) is 4.72. The number of rotatable bonds is 5. The summed E-state index contributed by atoms with van der Waals surface area (Å²) in [4.78, 5) is 0. The lowest BCUT2D eigenvalue weighted by atomic mass is 9.82.